The van der Waals surface area contributed by atoms with E-state index in [2.05, 4.69) is 18.5 Å². The molecule has 1 amide bonds. The minimum atomic E-state index is -0.202. The number of hydrogen-bond acceptors (Lipinski definition) is 6. The fourth-order valence-electron chi connectivity index (χ4n) is 3.95. The number of halogens is 1. The predicted molar refractivity (Wildman–Crippen MR) is 107 cm³/mol. The molecule has 2 aliphatic heterocycles. The van der Waals surface area contributed by atoms with Gasteiger partial charge in [0.1, 0.15) is 16.9 Å². The van der Waals surface area contributed by atoms with Gasteiger partial charge in [0.25, 0.3) is 5.91 Å². The van der Waals surface area contributed by atoms with E-state index < -0.39 is 0 Å². The summed E-state index contributed by atoms with van der Waals surface area (Å²) in [5, 5.41) is 0. The molecule has 8 heteroatoms. The molecule has 2 saturated heterocycles. The van der Waals surface area contributed by atoms with Crippen LogP contribution in [0.1, 0.15) is 10.4 Å². The monoisotopic (exact) mass is 397 g/mol. The standard InChI is InChI=1S/C20H20FN5OS/c21-15-2-4-16(5-3-15)24-7-9-25(10-8-24)17-12-26(13-17)20(27)14-1-6-18-19(11-14)23-28-22-18/h1-6,11,17H,7-10,12-13H2. The van der Waals surface area contributed by atoms with Gasteiger partial charge in [0.05, 0.1) is 11.7 Å². The highest BCUT2D eigenvalue weighted by Gasteiger charge is 2.36. The minimum Gasteiger partial charge on any atom is -0.369 e. The van der Waals surface area contributed by atoms with E-state index in [0.29, 0.717) is 11.6 Å². The van der Waals surface area contributed by atoms with Gasteiger partial charge in [-0.1, -0.05) is 0 Å². The van der Waals surface area contributed by atoms with Gasteiger partial charge in [-0.2, -0.15) is 8.75 Å². The number of rotatable bonds is 3. The highest BCUT2D eigenvalue weighted by atomic mass is 32.1. The largest absolute Gasteiger partial charge is 0.369 e. The number of anilines is 1. The number of amides is 1. The van der Waals surface area contributed by atoms with E-state index in [-0.39, 0.29) is 11.7 Å². The summed E-state index contributed by atoms with van der Waals surface area (Å²) in [7, 11) is 0. The number of carbonyl (C=O) groups is 1. The topological polar surface area (TPSA) is 52.6 Å². The van der Waals surface area contributed by atoms with Gasteiger partial charge in [-0.15, -0.1) is 0 Å². The number of benzene rings is 2. The van der Waals surface area contributed by atoms with Crippen LogP contribution in [0.3, 0.4) is 0 Å². The van der Waals surface area contributed by atoms with E-state index in [1.807, 2.05) is 35.2 Å². The summed E-state index contributed by atoms with van der Waals surface area (Å²) in [5.74, 6) is -0.136. The van der Waals surface area contributed by atoms with Crippen LogP contribution < -0.4 is 4.90 Å². The summed E-state index contributed by atoms with van der Waals surface area (Å²) >= 11 is 1.17. The maximum Gasteiger partial charge on any atom is 0.254 e. The third-order valence-corrected chi connectivity index (χ3v) is 6.23. The number of hydrogen-bond donors (Lipinski definition) is 0. The Labute approximate surface area is 166 Å². The molecule has 0 bridgehead atoms. The lowest BCUT2D eigenvalue weighted by molar-refractivity contribution is 0.0247. The van der Waals surface area contributed by atoms with Crippen molar-refractivity contribution in [3.8, 4) is 0 Å². The van der Waals surface area contributed by atoms with Crippen molar-refractivity contribution in [2.75, 3.05) is 44.2 Å². The zero-order valence-corrected chi connectivity index (χ0v) is 16.1. The van der Waals surface area contributed by atoms with Gasteiger partial charge in [-0.25, -0.2) is 4.39 Å². The van der Waals surface area contributed by atoms with Crippen LogP contribution in [0.5, 0.6) is 0 Å². The first kappa shape index (κ1) is 17.5. The van der Waals surface area contributed by atoms with Crippen molar-refractivity contribution in [1.29, 1.82) is 0 Å². The number of nitrogens with zero attached hydrogens (tertiary/aromatic N) is 5. The van der Waals surface area contributed by atoms with Crippen LogP contribution >= 0.6 is 11.7 Å². The second-order valence-corrected chi connectivity index (χ2v) is 7.86. The molecule has 0 aliphatic carbocycles. The number of fused-ring (bicyclic) bond motifs is 1. The van der Waals surface area contributed by atoms with Crippen molar-refractivity contribution in [1.82, 2.24) is 18.5 Å². The summed E-state index contributed by atoms with van der Waals surface area (Å²) in [4.78, 5) is 19.4. The Kier molecular flexibility index (Phi) is 4.44. The average molecular weight is 397 g/mol. The Hall–Kier alpha value is -2.58. The van der Waals surface area contributed by atoms with E-state index in [1.54, 1.807) is 0 Å². The first-order chi connectivity index (χ1) is 13.7. The number of likely N-dealkylation sites (tertiary alicyclic amines) is 1. The van der Waals surface area contributed by atoms with Crippen molar-refractivity contribution < 1.29 is 9.18 Å². The Balaban J connectivity index is 1.15. The number of aromatic nitrogens is 2. The Morgan fingerprint density at radius 2 is 1.68 bits per heavy atom. The second kappa shape index (κ2) is 7.10. The fraction of sp³-hybridized carbons (Fsp3) is 0.350. The molecule has 0 atom stereocenters. The van der Waals surface area contributed by atoms with Crippen molar-refractivity contribution >= 4 is 34.4 Å². The summed E-state index contributed by atoms with van der Waals surface area (Å²) < 4.78 is 21.5. The molecule has 5 rings (SSSR count). The average Bonchev–Trinajstić information content (AvgIpc) is 3.16. The SMILES string of the molecule is O=C(c1ccc2nsnc2c1)N1CC(N2CCN(c3ccc(F)cc3)CC2)C1. The molecule has 0 spiro atoms. The van der Waals surface area contributed by atoms with Gasteiger partial charge in [0.2, 0.25) is 0 Å². The molecule has 1 aromatic heterocycles. The molecule has 0 unspecified atom stereocenters. The van der Waals surface area contributed by atoms with E-state index >= 15 is 0 Å². The van der Waals surface area contributed by atoms with Crippen LogP contribution in [0.2, 0.25) is 0 Å². The first-order valence-electron chi connectivity index (χ1n) is 9.43. The molecular weight excluding hydrogens is 377 g/mol. The third kappa shape index (κ3) is 3.22. The Morgan fingerprint density at radius 1 is 0.964 bits per heavy atom. The molecule has 144 valence electrons. The van der Waals surface area contributed by atoms with E-state index in [0.717, 1.165) is 56.0 Å². The van der Waals surface area contributed by atoms with E-state index in [1.165, 1.54) is 23.9 Å². The molecule has 2 aromatic carbocycles. The maximum absolute atomic E-state index is 13.1. The van der Waals surface area contributed by atoms with Crippen LogP contribution in [0, 0.1) is 5.82 Å². The molecule has 3 aromatic rings. The minimum absolute atomic E-state index is 0.0658. The Morgan fingerprint density at radius 3 is 2.43 bits per heavy atom. The zero-order chi connectivity index (χ0) is 19.1. The van der Waals surface area contributed by atoms with Gasteiger partial charge < -0.3 is 9.80 Å². The first-order valence-corrected chi connectivity index (χ1v) is 10.2. The van der Waals surface area contributed by atoms with E-state index in [9.17, 15) is 9.18 Å². The van der Waals surface area contributed by atoms with E-state index in [4.69, 9.17) is 0 Å². The molecule has 0 saturated carbocycles. The molecular formula is C20H20FN5OS. The highest BCUT2D eigenvalue weighted by molar-refractivity contribution is 7.00. The van der Waals surface area contributed by atoms with Crippen LogP contribution in [-0.2, 0) is 0 Å². The van der Waals surface area contributed by atoms with Crippen molar-refractivity contribution in [3.63, 3.8) is 0 Å². The lowest BCUT2D eigenvalue weighted by Gasteiger charge is -2.48. The van der Waals surface area contributed by atoms with Crippen molar-refractivity contribution in [3.05, 3.63) is 53.8 Å². The lowest BCUT2D eigenvalue weighted by Crippen LogP contribution is -2.64. The summed E-state index contributed by atoms with van der Waals surface area (Å²) in [6, 6.07) is 12.6. The van der Waals surface area contributed by atoms with Crippen LogP contribution in [0.4, 0.5) is 10.1 Å². The van der Waals surface area contributed by atoms with Crippen molar-refractivity contribution in [2.24, 2.45) is 0 Å². The molecule has 6 nitrogen and oxygen atoms in total. The zero-order valence-electron chi connectivity index (χ0n) is 15.3. The number of carbonyl (C=O) groups excluding carboxylic acids is 1. The normalized spacial score (nSPS) is 18.5. The van der Waals surface area contributed by atoms with Gasteiger partial charge in [0, 0.05) is 56.6 Å². The van der Waals surface area contributed by atoms with Crippen LogP contribution in [0.15, 0.2) is 42.5 Å². The molecule has 28 heavy (non-hydrogen) atoms. The van der Waals surface area contributed by atoms with Gasteiger partial charge in [-0.3, -0.25) is 9.69 Å². The smallest absolute Gasteiger partial charge is 0.254 e. The molecule has 2 fully saturated rings. The summed E-state index contributed by atoms with van der Waals surface area (Å²) in [5.41, 5.74) is 3.37. The predicted octanol–water partition coefficient (Wildman–Crippen LogP) is 2.48. The van der Waals surface area contributed by atoms with Gasteiger partial charge in [-0.05, 0) is 42.5 Å². The molecule has 0 N–H and O–H groups in total. The quantitative estimate of drug-likeness (QED) is 0.680. The summed E-state index contributed by atoms with van der Waals surface area (Å²) in [6.45, 7) is 5.29. The Bertz CT molecular complexity index is 993. The van der Waals surface area contributed by atoms with Crippen molar-refractivity contribution in [2.45, 2.75) is 6.04 Å². The van der Waals surface area contributed by atoms with Crippen LogP contribution in [-0.4, -0.2) is 69.8 Å². The van der Waals surface area contributed by atoms with Gasteiger partial charge >= 0.3 is 0 Å². The lowest BCUT2D eigenvalue weighted by atomic mass is 10.0. The second-order valence-electron chi connectivity index (χ2n) is 7.33. The summed E-state index contributed by atoms with van der Waals surface area (Å²) in [6.07, 6.45) is 0. The third-order valence-electron chi connectivity index (χ3n) is 5.67. The number of piperazine rings is 1. The molecule has 0 radical (unpaired) electrons. The highest BCUT2D eigenvalue weighted by Crippen LogP contribution is 2.23. The fourth-order valence-corrected chi connectivity index (χ4v) is 4.46. The molecule has 3 heterocycles. The maximum atomic E-state index is 13.1. The van der Waals surface area contributed by atoms with Gasteiger partial charge in [0.15, 0.2) is 0 Å². The molecule has 2 aliphatic rings. The van der Waals surface area contributed by atoms with Crippen LogP contribution in [0.25, 0.3) is 11.0 Å².